The fraction of sp³-hybridized carbons (Fsp3) is 0.500. The summed E-state index contributed by atoms with van der Waals surface area (Å²) < 4.78 is 23.2. The first-order valence-electron chi connectivity index (χ1n) is 1.90. The molecule has 0 amide bonds. The molecule has 10 heavy (non-hydrogen) atoms. The molecular formula is C2H6O7Ti. The first-order valence-corrected chi connectivity index (χ1v) is 3.94. The molecule has 0 bridgehead atoms. The van der Waals surface area contributed by atoms with Gasteiger partial charge < -0.3 is 5.11 Å². The molecular weight excluding hydrogens is 184 g/mol. The average molecular weight is 190 g/mol. The van der Waals surface area contributed by atoms with E-state index >= 15 is 0 Å². The molecule has 0 saturated carbocycles. The molecule has 0 fully saturated rings. The molecule has 60 valence electrons. The van der Waals surface area contributed by atoms with Gasteiger partial charge in [-0.25, -0.2) is 9.68 Å². The molecule has 0 aliphatic rings. The van der Waals surface area contributed by atoms with Crippen molar-refractivity contribution in [3.63, 3.8) is 0 Å². The number of carboxylic acids is 1. The second-order valence-corrected chi connectivity index (χ2v) is 1.83. The normalized spacial score (nSPS) is 7.50. The molecule has 0 aromatic heterocycles. The molecule has 8 heteroatoms. The van der Waals surface area contributed by atoms with Crippen molar-refractivity contribution >= 4 is 5.97 Å². The molecule has 0 aliphatic heterocycles. The summed E-state index contributed by atoms with van der Waals surface area (Å²) in [5, 5.41) is 15.0. The third kappa shape index (κ3) is 45.7. The maximum absolute atomic E-state index is 9.31. The van der Waals surface area contributed by atoms with Crippen LogP contribution in [0.25, 0.3) is 0 Å². The summed E-state index contributed by atoms with van der Waals surface area (Å²) in [7, 11) is 0. The Morgan fingerprint density at radius 1 is 1.50 bits per heavy atom. The van der Waals surface area contributed by atoms with E-state index < -0.39 is 31.2 Å². The van der Waals surface area contributed by atoms with E-state index in [0.717, 1.165) is 0 Å². The third-order valence-electron chi connectivity index (χ3n) is 0.188. The van der Waals surface area contributed by atoms with Crippen LogP contribution in [0.2, 0.25) is 0 Å². The van der Waals surface area contributed by atoms with Crippen molar-refractivity contribution in [1.82, 2.24) is 0 Å². The Morgan fingerprint density at radius 3 is 1.80 bits per heavy atom. The predicted octanol–water partition coefficient (Wildman–Crippen LogP) is -1.67. The van der Waals surface area contributed by atoms with Crippen LogP contribution in [0.1, 0.15) is 0 Å². The third-order valence-corrected chi connectivity index (χ3v) is 0.188. The van der Waals surface area contributed by atoms with E-state index in [9.17, 15) is 4.79 Å². The number of carboxylic acid groups (broad SMARTS) is 1. The van der Waals surface area contributed by atoms with E-state index in [0.29, 0.717) is 0 Å². The predicted molar refractivity (Wildman–Crippen MR) is 21.3 cm³/mol. The Balaban J connectivity index is 0. The van der Waals surface area contributed by atoms with Crippen LogP contribution in [0.15, 0.2) is 0 Å². The zero-order valence-corrected chi connectivity index (χ0v) is 6.28. The fourth-order valence-corrected chi connectivity index (χ4v) is 0.0552. The van der Waals surface area contributed by atoms with E-state index in [2.05, 4.69) is 4.89 Å². The minimum atomic E-state index is -3.58. The van der Waals surface area contributed by atoms with Crippen LogP contribution < -0.4 is 0 Å². The van der Waals surface area contributed by atoms with Gasteiger partial charge in [-0.15, -0.1) is 0 Å². The van der Waals surface area contributed by atoms with Gasteiger partial charge in [-0.05, 0) is 0 Å². The van der Waals surface area contributed by atoms with Crippen molar-refractivity contribution in [1.29, 1.82) is 0 Å². The molecule has 0 spiro atoms. The number of carbonyl (C=O) groups is 1. The van der Waals surface area contributed by atoms with E-state index in [4.69, 9.17) is 21.1 Å². The SMILES string of the molecule is O=C(O)COO.[O]=[Ti]([OH])[OH]. The van der Waals surface area contributed by atoms with Gasteiger partial charge in [-0.1, -0.05) is 0 Å². The van der Waals surface area contributed by atoms with Crippen molar-refractivity contribution in [2.45, 2.75) is 0 Å². The van der Waals surface area contributed by atoms with Gasteiger partial charge in [-0.2, -0.15) is 0 Å². The molecule has 0 aromatic rings. The van der Waals surface area contributed by atoms with E-state index in [-0.39, 0.29) is 0 Å². The van der Waals surface area contributed by atoms with Crippen molar-refractivity contribution in [2.75, 3.05) is 6.61 Å². The summed E-state index contributed by atoms with van der Waals surface area (Å²) in [6, 6.07) is 0. The monoisotopic (exact) mass is 190 g/mol. The van der Waals surface area contributed by atoms with Gasteiger partial charge in [-0.3, -0.25) is 5.26 Å². The first-order chi connectivity index (χ1) is 4.50. The van der Waals surface area contributed by atoms with Gasteiger partial charge in [0.25, 0.3) is 0 Å². The van der Waals surface area contributed by atoms with Crippen LogP contribution in [0.4, 0.5) is 0 Å². The van der Waals surface area contributed by atoms with Crippen LogP contribution in [0, 0.1) is 0 Å². The Morgan fingerprint density at radius 2 is 1.80 bits per heavy atom. The van der Waals surface area contributed by atoms with Crippen molar-refractivity contribution in [3.8, 4) is 0 Å². The summed E-state index contributed by atoms with van der Waals surface area (Å²) >= 11 is -3.58. The summed E-state index contributed by atoms with van der Waals surface area (Å²) in [6.07, 6.45) is 0. The molecule has 4 N–H and O–H groups in total. The van der Waals surface area contributed by atoms with Crippen molar-refractivity contribution in [3.05, 3.63) is 0 Å². The van der Waals surface area contributed by atoms with Gasteiger partial charge in [0.05, 0.1) is 0 Å². The molecule has 0 unspecified atom stereocenters. The van der Waals surface area contributed by atoms with Crippen LogP contribution in [-0.4, -0.2) is 30.3 Å². The Bertz CT molecular complexity index is 106. The zero-order valence-electron chi connectivity index (χ0n) is 4.72. The Labute approximate surface area is 62.5 Å². The van der Waals surface area contributed by atoms with Crippen molar-refractivity contribution < 1.29 is 49.4 Å². The quantitative estimate of drug-likeness (QED) is 0.233. The van der Waals surface area contributed by atoms with E-state index in [1.165, 1.54) is 0 Å². The topological polar surface area (TPSA) is 124 Å². The van der Waals surface area contributed by atoms with Crippen LogP contribution in [0.5, 0.6) is 0 Å². The van der Waals surface area contributed by atoms with E-state index in [1.54, 1.807) is 0 Å². The molecule has 0 aliphatic carbocycles. The molecule has 0 heterocycles. The molecule has 0 rings (SSSR count). The molecule has 0 radical (unpaired) electrons. The molecule has 0 aromatic carbocycles. The average Bonchev–Trinajstić information content (AvgIpc) is 1.62. The second kappa shape index (κ2) is 8.82. The molecule has 0 saturated heterocycles. The molecule has 0 atom stereocenters. The van der Waals surface area contributed by atoms with Gasteiger partial charge in [0.2, 0.25) is 0 Å². The van der Waals surface area contributed by atoms with Gasteiger partial charge in [0.1, 0.15) is 0 Å². The zero-order chi connectivity index (χ0) is 8.57. The maximum atomic E-state index is 9.31. The Hall–Kier alpha value is -0.176. The summed E-state index contributed by atoms with van der Waals surface area (Å²) in [4.78, 5) is 12.5. The van der Waals surface area contributed by atoms with E-state index in [1.807, 2.05) is 0 Å². The van der Waals surface area contributed by atoms with Gasteiger partial charge in [0, 0.05) is 0 Å². The van der Waals surface area contributed by atoms with Crippen molar-refractivity contribution in [2.24, 2.45) is 0 Å². The second-order valence-electron chi connectivity index (χ2n) is 0.950. The number of aliphatic carboxylic acids is 1. The standard InChI is InChI=1S/C2H4O4.2H2O.O.Ti/c3-2(4)1-6-5;;;;/h5H,1H2,(H,3,4);2*1H2;;/q;;;;+2/p-2. The first kappa shape index (κ1) is 12.5. The number of hydrogen-bond donors (Lipinski definition) is 4. The van der Waals surface area contributed by atoms with Crippen LogP contribution >= 0.6 is 0 Å². The summed E-state index contributed by atoms with van der Waals surface area (Å²) in [5.74, 6) is -1.18. The summed E-state index contributed by atoms with van der Waals surface area (Å²) in [5.41, 5.74) is 0. The minimum absolute atomic E-state index is 0.653. The number of hydrogen-bond acceptors (Lipinski definition) is 4. The number of rotatable bonds is 2. The fourth-order valence-electron chi connectivity index (χ4n) is 0.0552. The van der Waals surface area contributed by atoms with Gasteiger partial charge in [0.15, 0.2) is 6.61 Å². The molecule has 7 nitrogen and oxygen atoms in total. The van der Waals surface area contributed by atoms with Crippen LogP contribution in [-0.2, 0) is 31.6 Å². The van der Waals surface area contributed by atoms with Gasteiger partial charge >= 0.3 is 35.3 Å². The summed E-state index contributed by atoms with van der Waals surface area (Å²) in [6.45, 7) is -0.653. The van der Waals surface area contributed by atoms with Crippen LogP contribution in [0.3, 0.4) is 0 Å². The Kier molecular flexibility index (Phi) is 11.0.